The van der Waals surface area contributed by atoms with Crippen LogP contribution in [-0.4, -0.2) is 49.1 Å². The van der Waals surface area contributed by atoms with Crippen LogP contribution in [0.1, 0.15) is 35.6 Å². The number of hydrogen-bond donors (Lipinski definition) is 0. The zero-order chi connectivity index (χ0) is 22.0. The Morgan fingerprint density at radius 3 is 1.97 bits per heavy atom. The van der Waals surface area contributed by atoms with Crippen molar-refractivity contribution in [2.45, 2.75) is 25.5 Å². The van der Waals surface area contributed by atoms with Crippen molar-refractivity contribution >= 4 is 11.6 Å². The van der Waals surface area contributed by atoms with Crippen molar-refractivity contribution in [3.63, 3.8) is 0 Å². The van der Waals surface area contributed by atoms with Gasteiger partial charge in [0.1, 0.15) is 6.10 Å². The van der Waals surface area contributed by atoms with Crippen LogP contribution in [-0.2, 0) is 11.3 Å². The van der Waals surface area contributed by atoms with Crippen molar-refractivity contribution in [3.8, 4) is 0 Å². The van der Waals surface area contributed by atoms with E-state index in [2.05, 4.69) is 76.5 Å². The van der Waals surface area contributed by atoms with Crippen LogP contribution >= 0.6 is 11.6 Å². The molecular weight excluding hydrogens is 416 g/mol. The monoisotopic (exact) mass is 448 g/mol. The first kappa shape index (κ1) is 23.0. The summed E-state index contributed by atoms with van der Waals surface area (Å²) in [6.45, 7) is 7.59. The van der Waals surface area contributed by atoms with Crippen LogP contribution in [0.4, 0.5) is 0 Å². The lowest BCUT2D eigenvalue weighted by atomic mass is 10.0. The fourth-order valence-electron chi connectivity index (χ4n) is 4.30. The van der Waals surface area contributed by atoms with E-state index < -0.39 is 0 Å². The molecule has 0 bridgehead atoms. The van der Waals surface area contributed by atoms with Crippen molar-refractivity contribution in [1.82, 2.24) is 9.80 Å². The van der Waals surface area contributed by atoms with Crippen LogP contribution in [0.2, 0.25) is 5.02 Å². The Bertz CT molecular complexity index is 909. The first-order chi connectivity index (χ1) is 15.8. The molecule has 4 rings (SSSR count). The van der Waals surface area contributed by atoms with E-state index in [1.807, 2.05) is 18.2 Å². The standard InChI is InChI=1S/C28H33ClN2O/c29-27-15-13-26(14-16-27)28(25-11-5-2-6-12-25)32-22-8-7-17-30-18-20-31(21-19-30)23-24-9-3-1-4-10-24/h1-6,9-16,28H,7-8,17-23H2. The molecule has 0 aliphatic carbocycles. The lowest BCUT2D eigenvalue weighted by Gasteiger charge is -2.34. The fourth-order valence-corrected chi connectivity index (χ4v) is 4.43. The van der Waals surface area contributed by atoms with Gasteiger partial charge in [0.15, 0.2) is 0 Å². The van der Waals surface area contributed by atoms with E-state index in [-0.39, 0.29) is 6.10 Å². The second-order valence-electron chi connectivity index (χ2n) is 8.52. The second-order valence-corrected chi connectivity index (χ2v) is 8.96. The molecule has 3 aromatic rings. The Hall–Kier alpha value is -2.17. The van der Waals surface area contributed by atoms with Gasteiger partial charge in [-0.05, 0) is 48.2 Å². The van der Waals surface area contributed by atoms with Crippen LogP contribution < -0.4 is 0 Å². The van der Waals surface area contributed by atoms with E-state index >= 15 is 0 Å². The molecule has 0 radical (unpaired) electrons. The molecule has 1 saturated heterocycles. The van der Waals surface area contributed by atoms with Gasteiger partial charge in [-0.25, -0.2) is 0 Å². The smallest absolute Gasteiger partial charge is 0.108 e. The van der Waals surface area contributed by atoms with Gasteiger partial charge in [-0.15, -0.1) is 0 Å². The molecule has 0 aromatic heterocycles. The van der Waals surface area contributed by atoms with Crippen molar-refractivity contribution in [2.24, 2.45) is 0 Å². The summed E-state index contributed by atoms with van der Waals surface area (Å²) >= 11 is 6.08. The average molecular weight is 449 g/mol. The molecule has 32 heavy (non-hydrogen) atoms. The van der Waals surface area contributed by atoms with Crippen LogP contribution in [0.5, 0.6) is 0 Å². The maximum atomic E-state index is 6.36. The summed E-state index contributed by atoms with van der Waals surface area (Å²) in [6.07, 6.45) is 2.19. The summed E-state index contributed by atoms with van der Waals surface area (Å²) in [7, 11) is 0. The van der Waals surface area contributed by atoms with Crippen LogP contribution in [0.3, 0.4) is 0 Å². The van der Waals surface area contributed by atoms with Gasteiger partial charge in [-0.1, -0.05) is 84.4 Å². The maximum absolute atomic E-state index is 6.36. The van der Waals surface area contributed by atoms with E-state index in [9.17, 15) is 0 Å². The minimum Gasteiger partial charge on any atom is -0.369 e. The topological polar surface area (TPSA) is 15.7 Å². The van der Waals surface area contributed by atoms with Crippen LogP contribution in [0.25, 0.3) is 0 Å². The maximum Gasteiger partial charge on any atom is 0.108 e. The SMILES string of the molecule is Clc1ccc(C(OCCCCN2CCN(Cc3ccccc3)CC2)c2ccccc2)cc1. The fraction of sp³-hybridized carbons (Fsp3) is 0.357. The minimum absolute atomic E-state index is 0.0463. The highest BCUT2D eigenvalue weighted by atomic mass is 35.5. The predicted molar refractivity (Wildman–Crippen MR) is 133 cm³/mol. The lowest BCUT2D eigenvalue weighted by molar-refractivity contribution is 0.0724. The van der Waals surface area contributed by atoms with E-state index in [4.69, 9.17) is 16.3 Å². The van der Waals surface area contributed by atoms with E-state index in [0.717, 1.165) is 62.9 Å². The zero-order valence-corrected chi connectivity index (χ0v) is 19.5. The Balaban J connectivity index is 1.18. The highest BCUT2D eigenvalue weighted by Crippen LogP contribution is 2.27. The summed E-state index contributed by atoms with van der Waals surface area (Å²) in [5.41, 5.74) is 3.74. The summed E-state index contributed by atoms with van der Waals surface area (Å²) in [5, 5.41) is 0.754. The van der Waals surface area contributed by atoms with Gasteiger partial charge >= 0.3 is 0 Å². The quantitative estimate of drug-likeness (QED) is 0.351. The van der Waals surface area contributed by atoms with Gasteiger partial charge in [0.2, 0.25) is 0 Å². The Kier molecular flexibility index (Phi) is 8.75. The molecule has 3 nitrogen and oxygen atoms in total. The molecule has 1 heterocycles. The van der Waals surface area contributed by atoms with Gasteiger partial charge in [0.05, 0.1) is 0 Å². The average Bonchev–Trinajstić information content (AvgIpc) is 2.84. The summed E-state index contributed by atoms with van der Waals surface area (Å²) in [6, 6.07) is 29.2. The van der Waals surface area contributed by atoms with Crippen LogP contribution in [0, 0.1) is 0 Å². The van der Waals surface area contributed by atoms with Gasteiger partial charge < -0.3 is 9.64 Å². The van der Waals surface area contributed by atoms with Crippen LogP contribution in [0.15, 0.2) is 84.9 Å². The Labute approximate surface area is 197 Å². The number of piperazine rings is 1. The molecule has 0 spiro atoms. The number of halogens is 1. The van der Waals surface area contributed by atoms with Crippen molar-refractivity contribution in [1.29, 1.82) is 0 Å². The molecule has 1 fully saturated rings. The highest BCUT2D eigenvalue weighted by Gasteiger charge is 2.17. The van der Waals surface area contributed by atoms with Gasteiger partial charge in [-0.3, -0.25) is 4.90 Å². The molecular formula is C28H33ClN2O. The molecule has 1 aliphatic rings. The van der Waals surface area contributed by atoms with Crippen molar-refractivity contribution in [2.75, 3.05) is 39.3 Å². The summed E-state index contributed by atoms with van der Waals surface area (Å²) < 4.78 is 6.36. The molecule has 1 aliphatic heterocycles. The largest absolute Gasteiger partial charge is 0.369 e. The molecule has 168 valence electrons. The first-order valence-electron chi connectivity index (χ1n) is 11.7. The number of unbranched alkanes of at least 4 members (excludes halogenated alkanes) is 1. The number of hydrogen-bond acceptors (Lipinski definition) is 3. The van der Waals surface area contributed by atoms with Crippen molar-refractivity contribution < 1.29 is 4.74 Å². The van der Waals surface area contributed by atoms with Gasteiger partial charge in [-0.2, -0.15) is 0 Å². The Morgan fingerprint density at radius 1 is 0.688 bits per heavy atom. The third kappa shape index (κ3) is 6.91. The van der Waals surface area contributed by atoms with E-state index in [0.29, 0.717) is 0 Å². The number of rotatable bonds is 10. The third-order valence-corrected chi connectivity index (χ3v) is 6.39. The van der Waals surface area contributed by atoms with E-state index in [1.54, 1.807) is 0 Å². The molecule has 3 aromatic carbocycles. The molecule has 0 N–H and O–H groups in total. The number of benzene rings is 3. The molecule has 1 unspecified atom stereocenters. The summed E-state index contributed by atoms with van der Waals surface area (Å²) in [5.74, 6) is 0. The zero-order valence-electron chi connectivity index (χ0n) is 18.7. The van der Waals surface area contributed by atoms with E-state index in [1.165, 1.54) is 17.5 Å². The van der Waals surface area contributed by atoms with Crippen molar-refractivity contribution in [3.05, 3.63) is 107 Å². The number of ether oxygens (including phenoxy) is 1. The summed E-state index contributed by atoms with van der Waals surface area (Å²) in [4.78, 5) is 5.15. The highest BCUT2D eigenvalue weighted by molar-refractivity contribution is 6.30. The number of nitrogens with zero attached hydrogens (tertiary/aromatic N) is 2. The third-order valence-electron chi connectivity index (χ3n) is 6.14. The first-order valence-corrected chi connectivity index (χ1v) is 12.1. The molecule has 0 amide bonds. The Morgan fingerprint density at radius 2 is 1.28 bits per heavy atom. The minimum atomic E-state index is -0.0463. The van der Waals surface area contributed by atoms with Gasteiger partial charge in [0, 0.05) is 44.4 Å². The molecule has 1 atom stereocenters. The predicted octanol–water partition coefficient (Wildman–Crippen LogP) is 6.04. The molecule has 4 heteroatoms. The molecule has 0 saturated carbocycles. The second kappa shape index (κ2) is 12.2. The normalized spacial score (nSPS) is 16.2. The van der Waals surface area contributed by atoms with Gasteiger partial charge in [0.25, 0.3) is 0 Å². The lowest BCUT2D eigenvalue weighted by Crippen LogP contribution is -2.46.